The summed E-state index contributed by atoms with van der Waals surface area (Å²) in [4.78, 5) is 17.3. The van der Waals surface area contributed by atoms with Crippen LogP contribution < -0.4 is 10.2 Å². The molecular weight excluding hydrogens is 452 g/mol. The second-order valence-electron chi connectivity index (χ2n) is 10.1. The summed E-state index contributed by atoms with van der Waals surface area (Å²) in [6.45, 7) is 0.712. The molecule has 3 fully saturated rings. The molecule has 5 rings (SSSR count). The number of carbonyl (C=O) groups excluding carboxylic acids is 1. The van der Waals surface area contributed by atoms with E-state index in [-0.39, 0.29) is 36.8 Å². The van der Waals surface area contributed by atoms with Gasteiger partial charge in [-0.15, -0.1) is 0 Å². The van der Waals surface area contributed by atoms with Gasteiger partial charge < -0.3 is 20.2 Å². The van der Waals surface area contributed by atoms with Crippen LogP contribution in [-0.2, 0) is 10.0 Å². The largest absolute Gasteiger partial charge is 0.393 e. The van der Waals surface area contributed by atoms with E-state index in [1.54, 1.807) is 12.1 Å². The smallest absolute Gasteiger partial charge is 0.318 e. The third-order valence-corrected chi connectivity index (χ3v) is 9.54. The van der Waals surface area contributed by atoms with Crippen LogP contribution in [0.25, 0.3) is 10.8 Å². The van der Waals surface area contributed by atoms with Gasteiger partial charge in [0, 0.05) is 61.8 Å². The Morgan fingerprint density at radius 2 is 1.71 bits per heavy atom. The number of benzene rings is 2. The average molecular weight is 487 g/mol. The number of rotatable bonds is 4. The van der Waals surface area contributed by atoms with Crippen molar-refractivity contribution in [3.8, 4) is 0 Å². The number of hydrogen-bond donors (Lipinski definition) is 2. The molecule has 3 aliphatic rings. The number of nitrogens with one attached hydrogen (secondary N) is 1. The van der Waals surface area contributed by atoms with Crippen molar-refractivity contribution in [2.24, 2.45) is 0 Å². The van der Waals surface area contributed by atoms with Crippen molar-refractivity contribution in [2.45, 2.75) is 67.6 Å². The van der Waals surface area contributed by atoms with Gasteiger partial charge in [-0.2, -0.15) is 4.31 Å². The molecule has 0 saturated carbocycles. The monoisotopic (exact) mass is 486 g/mol. The van der Waals surface area contributed by atoms with Gasteiger partial charge in [0.1, 0.15) is 0 Å². The normalized spacial score (nSPS) is 27.7. The van der Waals surface area contributed by atoms with Crippen LogP contribution in [0.15, 0.2) is 41.3 Å². The van der Waals surface area contributed by atoms with Crippen molar-refractivity contribution in [3.63, 3.8) is 0 Å². The first-order valence-corrected chi connectivity index (χ1v) is 13.7. The lowest BCUT2D eigenvalue weighted by molar-refractivity contribution is 0.0528. The summed E-state index contributed by atoms with van der Waals surface area (Å²) in [5.74, 6) is 0. The molecule has 0 radical (unpaired) electrons. The number of carbonyl (C=O) groups is 1. The summed E-state index contributed by atoms with van der Waals surface area (Å²) < 4.78 is 29.0. The van der Waals surface area contributed by atoms with E-state index in [2.05, 4.69) is 5.32 Å². The highest BCUT2D eigenvalue weighted by Crippen LogP contribution is 2.36. The van der Waals surface area contributed by atoms with E-state index in [4.69, 9.17) is 0 Å². The number of nitrogens with zero attached hydrogens (tertiary/aromatic N) is 3. The summed E-state index contributed by atoms with van der Waals surface area (Å²) in [6, 6.07) is 11.0. The van der Waals surface area contributed by atoms with Crippen molar-refractivity contribution in [3.05, 3.63) is 36.4 Å². The minimum absolute atomic E-state index is 0.0822. The molecule has 2 aromatic carbocycles. The van der Waals surface area contributed by atoms with Crippen molar-refractivity contribution < 1.29 is 18.3 Å². The molecule has 2 unspecified atom stereocenters. The number of piperidine rings is 2. The van der Waals surface area contributed by atoms with Crippen LogP contribution in [0.3, 0.4) is 0 Å². The molecule has 0 aromatic heterocycles. The van der Waals surface area contributed by atoms with Crippen LogP contribution in [-0.4, -0.2) is 80.2 Å². The number of hydrogen-bond acceptors (Lipinski definition) is 5. The van der Waals surface area contributed by atoms with E-state index in [0.717, 1.165) is 30.3 Å². The first-order chi connectivity index (χ1) is 16.3. The molecule has 2 aromatic rings. The van der Waals surface area contributed by atoms with Crippen LogP contribution in [0.4, 0.5) is 10.5 Å². The summed E-state index contributed by atoms with van der Waals surface area (Å²) in [5.41, 5.74) is 0.972. The lowest BCUT2D eigenvalue weighted by Crippen LogP contribution is -2.57. The van der Waals surface area contributed by atoms with Crippen molar-refractivity contribution in [1.82, 2.24) is 14.5 Å². The van der Waals surface area contributed by atoms with Crippen molar-refractivity contribution in [2.75, 3.05) is 32.1 Å². The van der Waals surface area contributed by atoms with Gasteiger partial charge >= 0.3 is 6.03 Å². The van der Waals surface area contributed by atoms with E-state index < -0.39 is 10.0 Å². The molecule has 2 bridgehead atoms. The summed E-state index contributed by atoms with van der Waals surface area (Å²) in [7, 11) is 0.171. The highest BCUT2D eigenvalue weighted by Gasteiger charge is 2.43. The molecule has 3 saturated heterocycles. The minimum Gasteiger partial charge on any atom is -0.393 e. The third kappa shape index (κ3) is 4.14. The van der Waals surface area contributed by atoms with Gasteiger partial charge in [0.25, 0.3) is 0 Å². The number of sulfonamides is 1. The molecule has 3 atom stereocenters. The van der Waals surface area contributed by atoms with E-state index in [1.807, 2.05) is 48.2 Å². The fraction of sp³-hybridized carbons (Fsp3) is 0.560. The Morgan fingerprint density at radius 3 is 2.41 bits per heavy atom. The molecular formula is C25H34N4O4S. The van der Waals surface area contributed by atoms with Gasteiger partial charge in [-0.05, 0) is 50.7 Å². The predicted octanol–water partition coefficient (Wildman–Crippen LogP) is 2.76. The number of fused-ring (bicyclic) bond motifs is 3. The zero-order chi connectivity index (χ0) is 24.0. The first kappa shape index (κ1) is 23.4. The molecule has 8 nitrogen and oxygen atoms in total. The number of aliphatic hydroxyl groups is 1. The standard InChI is InChI=1S/C25H34N4O4S/c1-27(2)23-9-3-8-22-21(23)7-4-10-24(22)34(32,33)28-13-5-6-17(16-28)26-25(31)29-18-11-12-19(29)15-20(30)14-18/h3-4,7-10,17-20,30H,5-6,11-16H2,1-2H3,(H,26,31)/t17-,18?,19?,20?/m0/s1. The fourth-order valence-electron chi connectivity index (χ4n) is 6.03. The van der Waals surface area contributed by atoms with Gasteiger partial charge in [-0.3, -0.25) is 0 Å². The molecule has 0 spiro atoms. The third-order valence-electron chi connectivity index (χ3n) is 7.61. The number of anilines is 1. The second kappa shape index (κ2) is 9.02. The molecule has 34 heavy (non-hydrogen) atoms. The molecule has 3 heterocycles. The van der Waals surface area contributed by atoms with Gasteiger partial charge in [0.15, 0.2) is 0 Å². The van der Waals surface area contributed by atoms with Crippen LogP contribution in [0, 0.1) is 0 Å². The molecule has 0 aliphatic carbocycles. The van der Waals surface area contributed by atoms with Gasteiger partial charge in [0.05, 0.1) is 11.0 Å². The van der Waals surface area contributed by atoms with E-state index in [0.29, 0.717) is 36.1 Å². The summed E-state index contributed by atoms with van der Waals surface area (Å²) >= 11 is 0. The number of urea groups is 1. The van der Waals surface area contributed by atoms with E-state index >= 15 is 0 Å². The van der Waals surface area contributed by atoms with Crippen molar-refractivity contribution >= 4 is 32.5 Å². The maximum absolute atomic E-state index is 13.7. The highest BCUT2D eigenvalue weighted by molar-refractivity contribution is 7.89. The van der Waals surface area contributed by atoms with Crippen LogP contribution in [0.2, 0.25) is 0 Å². The highest BCUT2D eigenvalue weighted by atomic mass is 32.2. The maximum Gasteiger partial charge on any atom is 0.318 e. The lowest BCUT2D eigenvalue weighted by atomic mass is 10.0. The Bertz CT molecular complexity index is 1170. The van der Waals surface area contributed by atoms with Crippen LogP contribution in [0.5, 0.6) is 0 Å². The predicted molar refractivity (Wildman–Crippen MR) is 132 cm³/mol. The molecule has 3 aliphatic heterocycles. The maximum atomic E-state index is 13.7. The van der Waals surface area contributed by atoms with E-state index in [9.17, 15) is 18.3 Å². The molecule has 2 N–H and O–H groups in total. The molecule has 2 amide bonds. The number of aliphatic hydroxyl groups excluding tert-OH is 1. The zero-order valence-corrected chi connectivity index (χ0v) is 20.7. The van der Waals surface area contributed by atoms with Crippen LogP contribution >= 0.6 is 0 Å². The summed E-state index contributed by atoms with van der Waals surface area (Å²) in [6.07, 6.45) is 4.24. The first-order valence-electron chi connectivity index (χ1n) is 12.2. The number of amides is 2. The molecule has 9 heteroatoms. The zero-order valence-electron chi connectivity index (χ0n) is 19.9. The lowest BCUT2D eigenvalue weighted by Gasteiger charge is -2.39. The van der Waals surface area contributed by atoms with Gasteiger partial charge in [0.2, 0.25) is 10.0 Å². The summed E-state index contributed by atoms with van der Waals surface area (Å²) in [5, 5.41) is 14.8. The Balaban J connectivity index is 1.35. The quantitative estimate of drug-likeness (QED) is 0.693. The van der Waals surface area contributed by atoms with Crippen LogP contribution in [0.1, 0.15) is 38.5 Å². The Morgan fingerprint density at radius 1 is 1.03 bits per heavy atom. The molecule has 184 valence electrons. The van der Waals surface area contributed by atoms with E-state index in [1.165, 1.54) is 4.31 Å². The topological polar surface area (TPSA) is 93.2 Å². The minimum atomic E-state index is -3.72. The van der Waals surface area contributed by atoms with Gasteiger partial charge in [-0.25, -0.2) is 13.2 Å². The Kier molecular flexibility index (Phi) is 6.20. The van der Waals surface area contributed by atoms with Crippen molar-refractivity contribution in [1.29, 1.82) is 0 Å². The SMILES string of the molecule is CN(C)c1cccc2c(S(=O)(=O)N3CCC[C@H](NC(=O)N4C5CCC4CC(O)C5)C3)cccc12. The second-order valence-corrected chi connectivity index (χ2v) is 12.0. The Hall–Kier alpha value is -2.36. The average Bonchev–Trinajstić information content (AvgIpc) is 3.09. The van der Waals surface area contributed by atoms with Gasteiger partial charge in [-0.1, -0.05) is 24.3 Å². The Labute approximate surface area is 201 Å². The fourth-order valence-corrected chi connectivity index (χ4v) is 7.76.